The van der Waals surface area contributed by atoms with Gasteiger partial charge in [0.15, 0.2) is 5.75 Å². The van der Waals surface area contributed by atoms with E-state index in [0.29, 0.717) is 23.5 Å². The topological polar surface area (TPSA) is 116 Å². The first-order valence-electron chi connectivity index (χ1n) is 11.3. The lowest BCUT2D eigenvalue weighted by molar-refractivity contribution is -0.385. The van der Waals surface area contributed by atoms with Crippen molar-refractivity contribution in [1.82, 2.24) is 15.6 Å². The predicted octanol–water partition coefficient (Wildman–Crippen LogP) is 3.62. The van der Waals surface area contributed by atoms with Crippen LogP contribution in [0.5, 0.6) is 11.5 Å². The van der Waals surface area contributed by atoms with Crippen molar-refractivity contribution in [3.63, 3.8) is 0 Å². The van der Waals surface area contributed by atoms with Crippen molar-refractivity contribution in [2.45, 2.75) is 37.8 Å². The Balaban J connectivity index is 1.46. The van der Waals surface area contributed by atoms with Gasteiger partial charge in [-0.05, 0) is 56.0 Å². The lowest BCUT2D eigenvalue weighted by atomic mass is 9.97. The maximum Gasteiger partial charge on any atom is 0.311 e. The van der Waals surface area contributed by atoms with Gasteiger partial charge in [-0.15, -0.1) is 0 Å². The molecule has 1 aromatic heterocycles. The molecule has 0 spiro atoms. The number of hydrogen-bond acceptors (Lipinski definition) is 7. The van der Waals surface area contributed by atoms with Crippen LogP contribution in [0.2, 0.25) is 0 Å². The van der Waals surface area contributed by atoms with Gasteiger partial charge in [-0.2, -0.15) is 0 Å². The van der Waals surface area contributed by atoms with Crippen molar-refractivity contribution in [3.05, 3.63) is 69.4 Å². The van der Waals surface area contributed by atoms with E-state index in [2.05, 4.69) is 15.6 Å². The van der Waals surface area contributed by atoms with Crippen molar-refractivity contribution in [3.8, 4) is 11.5 Å². The predicted molar refractivity (Wildman–Crippen MR) is 126 cm³/mol. The van der Waals surface area contributed by atoms with Gasteiger partial charge in [-0.25, -0.2) is 0 Å². The summed E-state index contributed by atoms with van der Waals surface area (Å²) in [7, 11) is 1.60. The van der Waals surface area contributed by atoms with E-state index in [1.807, 2.05) is 24.3 Å². The number of nitro groups is 1. The lowest BCUT2D eigenvalue weighted by Crippen LogP contribution is -2.46. The molecule has 1 unspecified atom stereocenters. The summed E-state index contributed by atoms with van der Waals surface area (Å²) in [5, 5.41) is 18.9. The lowest BCUT2D eigenvalue weighted by Gasteiger charge is -2.27. The molecular weight excluding hydrogens is 436 g/mol. The van der Waals surface area contributed by atoms with Gasteiger partial charge in [-0.3, -0.25) is 19.9 Å². The molecule has 1 amide bonds. The number of carbonyl (C=O) groups is 1. The van der Waals surface area contributed by atoms with E-state index in [0.717, 1.165) is 42.3 Å². The van der Waals surface area contributed by atoms with E-state index < -0.39 is 10.5 Å². The van der Waals surface area contributed by atoms with Crippen molar-refractivity contribution in [2.24, 2.45) is 0 Å². The minimum Gasteiger partial charge on any atom is -0.497 e. The minimum atomic E-state index is -0.544. The van der Waals surface area contributed by atoms with Crippen molar-refractivity contribution >= 4 is 22.5 Å². The summed E-state index contributed by atoms with van der Waals surface area (Å²) in [5.41, 5.74) is 1.95. The SMILES string of the molecule is COc1cc(C2(NC(=O)c3cc(OCC4CCN4)c([N+](=O)[O-])cc3C)CC2)c2cccnc2c1. The standard InChI is InChI=1S/C25H26N4O5/c1-15-10-22(29(31)32)23(34-14-16-5-9-26-16)13-19(15)24(30)28-25(6-7-25)20-11-17(33-2)12-21-18(20)4-3-8-27-21/h3-4,8,10-13,16,26H,5-7,9,14H2,1-2H3,(H,28,30). The first-order chi connectivity index (χ1) is 16.4. The van der Waals surface area contributed by atoms with Crippen molar-refractivity contribution in [1.29, 1.82) is 0 Å². The zero-order valence-corrected chi connectivity index (χ0v) is 19.1. The Bertz CT molecular complexity index is 1280. The number of nitrogens with zero attached hydrogens (tertiary/aromatic N) is 2. The summed E-state index contributed by atoms with van der Waals surface area (Å²) in [5.74, 6) is 0.486. The van der Waals surface area contributed by atoms with Gasteiger partial charge in [0.25, 0.3) is 5.91 Å². The van der Waals surface area contributed by atoms with Gasteiger partial charge in [0.05, 0.1) is 23.1 Å². The molecule has 2 fully saturated rings. The largest absolute Gasteiger partial charge is 0.497 e. The Hall–Kier alpha value is -3.72. The molecule has 9 nitrogen and oxygen atoms in total. The first kappa shape index (κ1) is 22.1. The third-order valence-corrected chi connectivity index (χ3v) is 6.66. The smallest absolute Gasteiger partial charge is 0.311 e. The summed E-state index contributed by atoms with van der Waals surface area (Å²) in [6.45, 7) is 2.93. The highest BCUT2D eigenvalue weighted by Gasteiger charge is 2.47. The highest BCUT2D eigenvalue weighted by Crippen LogP contribution is 2.49. The molecule has 9 heteroatoms. The van der Waals surface area contributed by atoms with Crippen LogP contribution in [-0.4, -0.2) is 42.1 Å². The van der Waals surface area contributed by atoms with Crippen molar-refractivity contribution < 1.29 is 19.2 Å². The average molecular weight is 463 g/mol. The molecule has 1 saturated heterocycles. The molecule has 3 aromatic rings. The number of nitrogens with one attached hydrogen (secondary N) is 2. The van der Waals surface area contributed by atoms with E-state index >= 15 is 0 Å². The molecular formula is C25H26N4O5. The van der Waals surface area contributed by atoms with Crippen LogP contribution >= 0.6 is 0 Å². The Kier molecular flexibility index (Phi) is 5.57. The molecule has 5 rings (SSSR count). The molecule has 1 aliphatic heterocycles. The number of amides is 1. The molecule has 1 aliphatic carbocycles. The van der Waals surface area contributed by atoms with Crippen LogP contribution in [0.4, 0.5) is 5.69 Å². The summed E-state index contributed by atoms with van der Waals surface area (Å²) in [6.07, 6.45) is 4.24. The number of aryl methyl sites for hydroxylation is 1. The third-order valence-electron chi connectivity index (χ3n) is 6.66. The van der Waals surface area contributed by atoms with Gasteiger partial charge in [0, 0.05) is 41.4 Å². The summed E-state index contributed by atoms with van der Waals surface area (Å²) < 4.78 is 11.2. The number of aromatic nitrogens is 1. The van der Waals surface area contributed by atoms with E-state index in [9.17, 15) is 14.9 Å². The number of benzene rings is 2. The monoisotopic (exact) mass is 462 g/mol. The van der Waals surface area contributed by atoms with Crippen LogP contribution in [0, 0.1) is 17.0 Å². The molecule has 2 heterocycles. The second kappa shape index (κ2) is 8.57. The van der Waals surface area contributed by atoms with Gasteiger partial charge in [-0.1, -0.05) is 6.07 Å². The van der Waals surface area contributed by atoms with Crippen LogP contribution in [0.3, 0.4) is 0 Å². The molecule has 176 valence electrons. The maximum atomic E-state index is 13.4. The van der Waals surface area contributed by atoms with Crippen LogP contribution < -0.4 is 20.1 Å². The number of nitro benzene ring substituents is 1. The van der Waals surface area contributed by atoms with Crippen LogP contribution in [-0.2, 0) is 5.54 Å². The zero-order chi connectivity index (χ0) is 23.9. The number of carbonyl (C=O) groups excluding carboxylic acids is 1. The molecule has 0 radical (unpaired) electrons. The fourth-order valence-electron chi connectivity index (χ4n) is 4.40. The van der Waals surface area contributed by atoms with Crippen LogP contribution in [0.25, 0.3) is 10.9 Å². The number of ether oxygens (including phenoxy) is 2. The zero-order valence-electron chi connectivity index (χ0n) is 19.1. The summed E-state index contributed by atoms with van der Waals surface area (Å²) in [4.78, 5) is 29.0. The first-order valence-corrected chi connectivity index (χ1v) is 11.3. The summed E-state index contributed by atoms with van der Waals surface area (Å²) >= 11 is 0. The van der Waals surface area contributed by atoms with E-state index in [1.165, 1.54) is 12.1 Å². The van der Waals surface area contributed by atoms with Crippen LogP contribution in [0.1, 0.15) is 40.7 Å². The fraction of sp³-hybridized carbons (Fsp3) is 0.360. The van der Waals surface area contributed by atoms with E-state index in [1.54, 1.807) is 20.2 Å². The number of rotatable bonds is 8. The average Bonchev–Trinajstić information content (AvgIpc) is 3.57. The maximum absolute atomic E-state index is 13.4. The fourth-order valence-corrected chi connectivity index (χ4v) is 4.40. The summed E-state index contributed by atoms with van der Waals surface area (Å²) in [6, 6.07) is 10.7. The molecule has 2 aromatic carbocycles. The normalized spacial score (nSPS) is 18.1. The molecule has 1 atom stereocenters. The Labute approximate surface area is 196 Å². The van der Waals surface area contributed by atoms with Gasteiger partial charge in [0.2, 0.25) is 0 Å². The van der Waals surface area contributed by atoms with Gasteiger partial charge >= 0.3 is 5.69 Å². The molecule has 0 bridgehead atoms. The number of hydrogen-bond donors (Lipinski definition) is 2. The number of pyridine rings is 1. The van der Waals surface area contributed by atoms with Gasteiger partial charge < -0.3 is 20.1 Å². The van der Waals surface area contributed by atoms with Crippen LogP contribution in [0.15, 0.2) is 42.6 Å². The second-order valence-electron chi connectivity index (χ2n) is 8.92. The molecule has 34 heavy (non-hydrogen) atoms. The second-order valence-corrected chi connectivity index (χ2v) is 8.92. The highest BCUT2D eigenvalue weighted by molar-refractivity contribution is 5.98. The Morgan fingerprint density at radius 3 is 2.76 bits per heavy atom. The minimum absolute atomic E-state index is 0.107. The van der Waals surface area contributed by atoms with E-state index in [4.69, 9.17) is 9.47 Å². The molecule has 1 saturated carbocycles. The number of fused-ring (bicyclic) bond motifs is 1. The molecule has 2 N–H and O–H groups in total. The Morgan fingerprint density at radius 2 is 2.12 bits per heavy atom. The van der Waals surface area contributed by atoms with Gasteiger partial charge in [0.1, 0.15) is 12.4 Å². The highest BCUT2D eigenvalue weighted by atomic mass is 16.6. The van der Waals surface area contributed by atoms with Crippen molar-refractivity contribution in [2.75, 3.05) is 20.3 Å². The molecule has 2 aliphatic rings. The number of methoxy groups -OCH3 is 1. The quantitative estimate of drug-likeness (QED) is 0.388. The van der Waals surface area contributed by atoms with E-state index in [-0.39, 0.29) is 23.4 Å². The third kappa shape index (κ3) is 4.03. The Morgan fingerprint density at radius 1 is 1.32 bits per heavy atom.